The first-order chi connectivity index (χ1) is 6.75. The van der Waals surface area contributed by atoms with Crippen molar-refractivity contribution in [2.75, 3.05) is 0 Å². The van der Waals surface area contributed by atoms with Gasteiger partial charge in [-0.05, 0) is 18.6 Å². The van der Waals surface area contributed by atoms with Crippen LogP contribution >= 0.6 is 12.2 Å². The van der Waals surface area contributed by atoms with E-state index < -0.39 is 0 Å². The fourth-order valence-electron chi connectivity index (χ4n) is 1.27. The Morgan fingerprint density at radius 2 is 1.93 bits per heavy atom. The van der Waals surface area contributed by atoms with E-state index in [-0.39, 0.29) is 0 Å². The van der Waals surface area contributed by atoms with Crippen molar-refractivity contribution in [2.45, 2.75) is 6.92 Å². The summed E-state index contributed by atoms with van der Waals surface area (Å²) in [5.74, 6) is 0. The predicted octanol–water partition coefficient (Wildman–Crippen LogP) is 3.11. The third-order valence-electron chi connectivity index (χ3n) is 2.04. The van der Waals surface area contributed by atoms with Crippen LogP contribution in [0.4, 0.5) is 0 Å². The zero-order chi connectivity index (χ0) is 9.97. The molecular weight excluding hydrogens is 192 g/mol. The van der Waals surface area contributed by atoms with Crippen LogP contribution in [0.5, 0.6) is 0 Å². The molecule has 2 rings (SSSR count). The minimum atomic E-state index is 0.610. The third kappa shape index (κ3) is 1.88. The Morgan fingerprint density at radius 3 is 2.57 bits per heavy atom. The topological polar surface area (TPSA) is 28.7 Å². The lowest BCUT2D eigenvalue weighted by Crippen LogP contribution is -1.85. The number of H-pyrrole nitrogens is 1. The summed E-state index contributed by atoms with van der Waals surface area (Å²) in [5, 5.41) is 0. The van der Waals surface area contributed by atoms with E-state index in [9.17, 15) is 0 Å². The van der Waals surface area contributed by atoms with Crippen molar-refractivity contribution in [1.82, 2.24) is 9.97 Å². The molecule has 0 radical (unpaired) electrons. The number of nitrogens with zero attached hydrogens (tertiary/aromatic N) is 1. The number of aromatic amines is 1. The van der Waals surface area contributed by atoms with Gasteiger partial charge in [0.15, 0.2) is 0 Å². The van der Waals surface area contributed by atoms with Gasteiger partial charge >= 0.3 is 0 Å². The van der Waals surface area contributed by atoms with Crippen molar-refractivity contribution < 1.29 is 0 Å². The highest BCUT2D eigenvalue weighted by Gasteiger charge is 1.96. The van der Waals surface area contributed by atoms with E-state index in [4.69, 9.17) is 12.2 Å². The maximum absolute atomic E-state index is 4.99. The van der Waals surface area contributed by atoms with Gasteiger partial charge in [0, 0.05) is 5.69 Å². The van der Waals surface area contributed by atoms with Gasteiger partial charge in [0.2, 0.25) is 0 Å². The predicted molar refractivity (Wildman–Crippen MR) is 59.6 cm³/mol. The lowest BCUT2D eigenvalue weighted by molar-refractivity contribution is 1.15. The SMILES string of the molecule is Cc1ccc(-c2cc(=S)nc[nH]2)cc1. The van der Waals surface area contributed by atoms with Gasteiger partial charge in [-0.15, -0.1) is 0 Å². The highest BCUT2D eigenvalue weighted by Crippen LogP contribution is 2.16. The summed E-state index contributed by atoms with van der Waals surface area (Å²) >= 11 is 4.99. The van der Waals surface area contributed by atoms with E-state index in [1.54, 1.807) is 6.33 Å². The zero-order valence-corrected chi connectivity index (χ0v) is 8.64. The molecule has 0 aliphatic carbocycles. The first kappa shape index (κ1) is 9.09. The molecule has 14 heavy (non-hydrogen) atoms. The second kappa shape index (κ2) is 3.72. The van der Waals surface area contributed by atoms with Crippen molar-refractivity contribution >= 4 is 12.2 Å². The Morgan fingerprint density at radius 1 is 1.21 bits per heavy atom. The molecule has 1 aromatic carbocycles. The Labute approximate surface area is 87.7 Å². The molecule has 0 bridgehead atoms. The molecule has 0 atom stereocenters. The molecule has 3 heteroatoms. The van der Waals surface area contributed by atoms with E-state index in [2.05, 4.69) is 41.2 Å². The normalized spacial score (nSPS) is 10.1. The van der Waals surface area contributed by atoms with Crippen molar-refractivity contribution in [3.63, 3.8) is 0 Å². The molecule has 1 N–H and O–H groups in total. The Balaban J connectivity index is 2.50. The van der Waals surface area contributed by atoms with Crippen LogP contribution in [-0.2, 0) is 0 Å². The second-order valence-corrected chi connectivity index (χ2v) is 3.58. The fraction of sp³-hybridized carbons (Fsp3) is 0.0909. The number of hydrogen-bond acceptors (Lipinski definition) is 2. The van der Waals surface area contributed by atoms with Gasteiger partial charge in [-0.3, -0.25) is 0 Å². The highest BCUT2D eigenvalue weighted by atomic mass is 32.1. The van der Waals surface area contributed by atoms with E-state index in [1.807, 2.05) is 6.07 Å². The fourth-order valence-corrected chi connectivity index (χ4v) is 1.44. The van der Waals surface area contributed by atoms with Gasteiger partial charge in [-0.1, -0.05) is 42.0 Å². The van der Waals surface area contributed by atoms with Crippen LogP contribution in [0.3, 0.4) is 0 Å². The third-order valence-corrected chi connectivity index (χ3v) is 2.27. The molecule has 2 aromatic rings. The number of aryl methyl sites for hydroxylation is 1. The second-order valence-electron chi connectivity index (χ2n) is 3.16. The van der Waals surface area contributed by atoms with Crippen molar-refractivity contribution in [1.29, 1.82) is 0 Å². The summed E-state index contributed by atoms with van der Waals surface area (Å²) < 4.78 is 0.610. The largest absolute Gasteiger partial charge is 0.346 e. The molecule has 2 nitrogen and oxygen atoms in total. The van der Waals surface area contributed by atoms with Gasteiger partial charge in [-0.25, -0.2) is 4.98 Å². The van der Waals surface area contributed by atoms with Crippen LogP contribution in [0.15, 0.2) is 36.7 Å². The molecule has 1 heterocycles. The Kier molecular flexibility index (Phi) is 2.41. The average Bonchev–Trinajstić information content (AvgIpc) is 2.19. The number of hydrogen-bond donors (Lipinski definition) is 1. The molecule has 0 unspecified atom stereocenters. The minimum absolute atomic E-state index is 0.610. The monoisotopic (exact) mass is 202 g/mol. The summed E-state index contributed by atoms with van der Waals surface area (Å²) in [6.07, 6.45) is 1.62. The number of nitrogens with one attached hydrogen (secondary N) is 1. The first-order valence-corrected chi connectivity index (χ1v) is 4.78. The van der Waals surface area contributed by atoms with Crippen LogP contribution in [0.2, 0.25) is 0 Å². The highest BCUT2D eigenvalue weighted by molar-refractivity contribution is 7.71. The molecular formula is C11H10N2S. The Bertz CT molecular complexity index is 485. The smallest absolute Gasteiger partial charge is 0.130 e. The van der Waals surface area contributed by atoms with E-state index in [0.29, 0.717) is 4.64 Å². The van der Waals surface area contributed by atoms with Gasteiger partial charge in [0.25, 0.3) is 0 Å². The summed E-state index contributed by atoms with van der Waals surface area (Å²) in [5.41, 5.74) is 3.38. The standard InChI is InChI=1S/C11H10N2S/c1-8-2-4-9(5-3-8)10-6-11(14)13-7-12-10/h2-7H,1H3,(H,12,13,14). The summed E-state index contributed by atoms with van der Waals surface area (Å²) in [4.78, 5) is 7.01. The quantitative estimate of drug-likeness (QED) is 0.720. The van der Waals surface area contributed by atoms with Crippen LogP contribution in [-0.4, -0.2) is 9.97 Å². The van der Waals surface area contributed by atoms with Gasteiger partial charge in [-0.2, -0.15) is 0 Å². The van der Waals surface area contributed by atoms with Crippen molar-refractivity contribution in [3.8, 4) is 11.3 Å². The molecule has 0 amide bonds. The molecule has 0 saturated heterocycles. The lowest BCUT2D eigenvalue weighted by Gasteiger charge is -2.01. The van der Waals surface area contributed by atoms with E-state index >= 15 is 0 Å². The molecule has 0 aliphatic heterocycles. The molecule has 0 aliphatic rings. The van der Waals surface area contributed by atoms with E-state index in [0.717, 1.165) is 11.3 Å². The van der Waals surface area contributed by atoms with Gasteiger partial charge in [0.1, 0.15) is 4.64 Å². The summed E-state index contributed by atoms with van der Waals surface area (Å²) in [6.45, 7) is 2.07. The summed E-state index contributed by atoms with van der Waals surface area (Å²) in [6, 6.07) is 10.1. The maximum atomic E-state index is 4.99. The van der Waals surface area contributed by atoms with Gasteiger partial charge < -0.3 is 4.98 Å². The van der Waals surface area contributed by atoms with E-state index in [1.165, 1.54) is 5.56 Å². The number of aromatic nitrogens is 2. The lowest BCUT2D eigenvalue weighted by atomic mass is 10.1. The minimum Gasteiger partial charge on any atom is -0.346 e. The van der Waals surface area contributed by atoms with Crippen LogP contribution < -0.4 is 0 Å². The zero-order valence-electron chi connectivity index (χ0n) is 7.82. The molecule has 0 fully saturated rings. The van der Waals surface area contributed by atoms with Crippen molar-refractivity contribution in [3.05, 3.63) is 46.9 Å². The average molecular weight is 202 g/mol. The maximum Gasteiger partial charge on any atom is 0.130 e. The molecule has 70 valence electrons. The molecule has 1 aromatic heterocycles. The van der Waals surface area contributed by atoms with Crippen LogP contribution in [0, 0.1) is 11.6 Å². The molecule has 0 saturated carbocycles. The van der Waals surface area contributed by atoms with Crippen molar-refractivity contribution in [2.24, 2.45) is 0 Å². The first-order valence-electron chi connectivity index (χ1n) is 4.37. The number of rotatable bonds is 1. The van der Waals surface area contributed by atoms with Gasteiger partial charge in [0.05, 0.1) is 6.33 Å². The molecule has 0 spiro atoms. The number of benzene rings is 1. The summed E-state index contributed by atoms with van der Waals surface area (Å²) in [7, 11) is 0. The Hall–Kier alpha value is -1.48. The van der Waals surface area contributed by atoms with Crippen LogP contribution in [0.25, 0.3) is 11.3 Å². The van der Waals surface area contributed by atoms with Crippen LogP contribution in [0.1, 0.15) is 5.56 Å².